The number of hydrogen-bond acceptors (Lipinski definition) is 3. The van der Waals surface area contributed by atoms with Gasteiger partial charge in [0.05, 0.1) is 5.69 Å². The van der Waals surface area contributed by atoms with E-state index in [9.17, 15) is 4.79 Å². The van der Waals surface area contributed by atoms with E-state index in [0.717, 1.165) is 21.7 Å². The van der Waals surface area contributed by atoms with Gasteiger partial charge in [0.15, 0.2) is 0 Å². The van der Waals surface area contributed by atoms with Crippen LogP contribution in [-0.2, 0) is 4.79 Å². The highest BCUT2D eigenvalue weighted by molar-refractivity contribution is 7.10. The van der Waals surface area contributed by atoms with Crippen LogP contribution in [0.5, 0.6) is 0 Å². The summed E-state index contributed by atoms with van der Waals surface area (Å²) in [6, 6.07) is 20.0. The fourth-order valence-electron chi connectivity index (χ4n) is 2.85. The molecule has 0 fully saturated rings. The highest BCUT2D eigenvalue weighted by Crippen LogP contribution is 2.28. The van der Waals surface area contributed by atoms with Crippen molar-refractivity contribution in [3.05, 3.63) is 93.3 Å². The minimum Gasteiger partial charge on any atom is -0.266 e. The Labute approximate surface area is 156 Å². The topological polar surface area (TPSA) is 32.7 Å². The number of rotatable bonds is 3. The zero-order chi connectivity index (χ0) is 18.1. The molecular formula is C22H18N2OS. The summed E-state index contributed by atoms with van der Waals surface area (Å²) < 4.78 is 0. The summed E-state index contributed by atoms with van der Waals surface area (Å²) >= 11 is 1.59. The quantitative estimate of drug-likeness (QED) is 0.592. The summed E-state index contributed by atoms with van der Waals surface area (Å²) in [4.78, 5) is 20.5. The van der Waals surface area contributed by atoms with Crippen molar-refractivity contribution in [1.82, 2.24) is 0 Å². The van der Waals surface area contributed by atoms with Gasteiger partial charge in [-0.05, 0) is 43.5 Å². The Morgan fingerprint density at radius 2 is 1.58 bits per heavy atom. The van der Waals surface area contributed by atoms with Crippen LogP contribution in [0.3, 0.4) is 0 Å². The molecular weight excluding hydrogens is 340 g/mol. The maximum absolute atomic E-state index is 13.1. The molecule has 1 aliphatic heterocycles. The number of anilines is 1. The second-order valence-electron chi connectivity index (χ2n) is 6.32. The number of benzene rings is 2. The molecule has 26 heavy (non-hydrogen) atoms. The summed E-state index contributed by atoms with van der Waals surface area (Å²) in [7, 11) is 0. The molecule has 3 aromatic rings. The number of carbonyl (C=O) groups is 1. The second-order valence-corrected chi connectivity index (χ2v) is 7.30. The van der Waals surface area contributed by atoms with Crippen molar-refractivity contribution in [3.63, 3.8) is 0 Å². The standard InChI is InChI=1S/C22H18N2OS/c1-15-5-9-17(10-6-15)21-23-20(14-19-4-3-13-26-19)22(25)24(21)18-11-7-16(2)8-12-18/h3-14H,1-2H3/b20-14+. The Kier molecular flexibility index (Phi) is 4.27. The average molecular weight is 358 g/mol. The van der Waals surface area contributed by atoms with Crippen molar-refractivity contribution in [2.45, 2.75) is 13.8 Å². The highest BCUT2D eigenvalue weighted by atomic mass is 32.1. The van der Waals surface area contributed by atoms with Crippen LogP contribution in [0, 0.1) is 13.8 Å². The number of hydrogen-bond donors (Lipinski definition) is 0. The number of amides is 1. The first-order valence-electron chi connectivity index (χ1n) is 8.44. The average Bonchev–Trinajstić information content (AvgIpc) is 3.26. The molecule has 3 nitrogen and oxygen atoms in total. The number of aliphatic imine (C=N–C) groups is 1. The van der Waals surface area contributed by atoms with Gasteiger partial charge < -0.3 is 0 Å². The minimum absolute atomic E-state index is 0.0992. The first-order chi connectivity index (χ1) is 12.6. The number of amidine groups is 1. The van der Waals surface area contributed by atoms with Gasteiger partial charge in [-0.15, -0.1) is 11.3 Å². The van der Waals surface area contributed by atoms with Crippen molar-refractivity contribution < 1.29 is 4.79 Å². The highest BCUT2D eigenvalue weighted by Gasteiger charge is 2.32. The van der Waals surface area contributed by atoms with Crippen LogP contribution >= 0.6 is 11.3 Å². The smallest absolute Gasteiger partial charge is 0.266 e. The lowest BCUT2D eigenvalue weighted by molar-refractivity contribution is -0.113. The van der Waals surface area contributed by atoms with Crippen molar-refractivity contribution in [2.24, 2.45) is 4.99 Å². The molecule has 0 saturated carbocycles. The maximum atomic E-state index is 13.1. The van der Waals surface area contributed by atoms with E-state index in [0.29, 0.717) is 11.5 Å². The molecule has 4 rings (SSSR count). The Morgan fingerprint density at radius 1 is 0.923 bits per heavy atom. The Morgan fingerprint density at radius 3 is 2.19 bits per heavy atom. The zero-order valence-corrected chi connectivity index (χ0v) is 15.5. The van der Waals surface area contributed by atoms with Gasteiger partial charge in [-0.25, -0.2) is 4.99 Å². The lowest BCUT2D eigenvalue weighted by atomic mass is 10.1. The third-order valence-corrected chi connectivity index (χ3v) is 5.10. The molecule has 0 N–H and O–H groups in total. The molecule has 2 aromatic carbocycles. The van der Waals surface area contributed by atoms with Crippen molar-refractivity contribution in [2.75, 3.05) is 4.90 Å². The van der Waals surface area contributed by atoms with E-state index in [1.807, 2.05) is 86.0 Å². The summed E-state index contributed by atoms with van der Waals surface area (Å²) in [5, 5.41) is 1.99. The van der Waals surface area contributed by atoms with E-state index < -0.39 is 0 Å². The normalized spacial score (nSPS) is 15.6. The number of nitrogens with zero attached hydrogens (tertiary/aromatic N) is 2. The minimum atomic E-state index is -0.0992. The molecule has 0 aliphatic carbocycles. The van der Waals surface area contributed by atoms with Crippen LogP contribution in [0.4, 0.5) is 5.69 Å². The molecule has 0 saturated heterocycles. The molecule has 1 amide bonds. The van der Waals surface area contributed by atoms with Gasteiger partial charge >= 0.3 is 0 Å². The van der Waals surface area contributed by atoms with E-state index in [-0.39, 0.29) is 5.91 Å². The molecule has 1 aromatic heterocycles. The maximum Gasteiger partial charge on any atom is 0.282 e. The molecule has 0 unspecified atom stereocenters. The van der Waals surface area contributed by atoms with Crippen LogP contribution < -0.4 is 4.90 Å². The molecule has 128 valence electrons. The summed E-state index contributed by atoms with van der Waals surface area (Å²) in [6.45, 7) is 4.08. The second kappa shape index (κ2) is 6.73. The van der Waals surface area contributed by atoms with Crippen LogP contribution in [0.25, 0.3) is 6.08 Å². The van der Waals surface area contributed by atoms with Crippen molar-refractivity contribution >= 4 is 34.8 Å². The number of carbonyl (C=O) groups excluding carboxylic acids is 1. The molecule has 2 heterocycles. The monoisotopic (exact) mass is 358 g/mol. The van der Waals surface area contributed by atoms with Crippen molar-refractivity contribution in [3.8, 4) is 0 Å². The fraction of sp³-hybridized carbons (Fsp3) is 0.0909. The Hall–Kier alpha value is -2.98. The van der Waals surface area contributed by atoms with Gasteiger partial charge in [-0.2, -0.15) is 0 Å². The van der Waals surface area contributed by atoms with E-state index in [2.05, 4.69) is 4.99 Å². The predicted octanol–water partition coefficient (Wildman–Crippen LogP) is 5.20. The number of aryl methyl sites for hydroxylation is 2. The Balaban J connectivity index is 1.82. The predicted molar refractivity (Wildman–Crippen MR) is 109 cm³/mol. The molecule has 0 atom stereocenters. The first kappa shape index (κ1) is 16.5. The summed E-state index contributed by atoms with van der Waals surface area (Å²) in [6.07, 6.45) is 1.86. The van der Waals surface area contributed by atoms with Crippen molar-refractivity contribution in [1.29, 1.82) is 0 Å². The van der Waals surface area contributed by atoms with E-state index in [4.69, 9.17) is 0 Å². The molecule has 1 aliphatic rings. The fourth-order valence-corrected chi connectivity index (χ4v) is 3.51. The van der Waals surface area contributed by atoms with Crippen LogP contribution in [0.15, 0.2) is 76.7 Å². The largest absolute Gasteiger partial charge is 0.282 e. The number of thiophene rings is 1. The van der Waals surface area contributed by atoms with E-state index in [1.54, 1.807) is 16.2 Å². The molecule has 0 radical (unpaired) electrons. The van der Waals surface area contributed by atoms with Gasteiger partial charge in [0.1, 0.15) is 11.5 Å². The van der Waals surface area contributed by atoms with Gasteiger partial charge in [0.2, 0.25) is 0 Å². The Bertz CT molecular complexity index is 997. The molecule has 4 heteroatoms. The third-order valence-electron chi connectivity index (χ3n) is 4.28. The third kappa shape index (κ3) is 3.11. The molecule has 0 spiro atoms. The van der Waals surface area contributed by atoms with Crippen LogP contribution in [0.2, 0.25) is 0 Å². The van der Waals surface area contributed by atoms with Gasteiger partial charge in [0.25, 0.3) is 5.91 Å². The van der Waals surface area contributed by atoms with Crippen LogP contribution in [-0.4, -0.2) is 11.7 Å². The van der Waals surface area contributed by atoms with E-state index >= 15 is 0 Å². The summed E-state index contributed by atoms with van der Waals surface area (Å²) in [5.41, 5.74) is 4.55. The van der Waals surface area contributed by atoms with Gasteiger partial charge in [0, 0.05) is 10.4 Å². The SMILES string of the molecule is Cc1ccc(C2=N/C(=C/c3cccs3)C(=O)N2c2ccc(C)cc2)cc1. The van der Waals surface area contributed by atoms with Gasteiger partial charge in [-0.1, -0.05) is 53.6 Å². The lowest BCUT2D eigenvalue weighted by Crippen LogP contribution is -2.32. The summed E-state index contributed by atoms with van der Waals surface area (Å²) in [5.74, 6) is 0.569. The first-order valence-corrected chi connectivity index (χ1v) is 9.32. The van der Waals surface area contributed by atoms with Crippen LogP contribution in [0.1, 0.15) is 21.6 Å². The van der Waals surface area contributed by atoms with E-state index in [1.165, 1.54) is 5.56 Å². The molecule has 0 bridgehead atoms. The lowest BCUT2D eigenvalue weighted by Gasteiger charge is -2.18. The zero-order valence-electron chi connectivity index (χ0n) is 14.6. The van der Waals surface area contributed by atoms with Gasteiger partial charge in [-0.3, -0.25) is 9.69 Å².